The van der Waals surface area contributed by atoms with Crippen LogP contribution in [0, 0.1) is 6.92 Å². The summed E-state index contributed by atoms with van der Waals surface area (Å²) < 4.78 is 0. The SMILES string of the molecule is Cc1ccc(-c2ccc(C(NN)C3=CC=CCC3)cc2)cc1. The van der Waals surface area contributed by atoms with Gasteiger partial charge in [-0.15, -0.1) is 0 Å². The quantitative estimate of drug-likeness (QED) is 0.645. The molecule has 0 fully saturated rings. The fourth-order valence-corrected chi connectivity index (χ4v) is 2.89. The molecule has 3 N–H and O–H groups in total. The van der Waals surface area contributed by atoms with Gasteiger partial charge in [0.25, 0.3) is 0 Å². The summed E-state index contributed by atoms with van der Waals surface area (Å²) in [6.45, 7) is 2.11. The van der Waals surface area contributed by atoms with E-state index in [1.165, 1.54) is 27.8 Å². The molecule has 1 atom stereocenters. The lowest BCUT2D eigenvalue weighted by Crippen LogP contribution is -2.29. The Hall–Kier alpha value is -2.16. The van der Waals surface area contributed by atoms with Gasteiger partial charge in [0.1, 0.15) is 0 Å². The van der Waals surface area contributed by atoms with Crippen LogP contribution < -0.4 is 11.3 Å². The number of rotatable bonds is 4. The predicted molar refractivity (Wildman–Crippen MR) is 93.1 cm³/mol. The minimum Gasteiger partial charge on any atom is -0.271 e. The Bertz CT molecular complexity index is 679. The van der Waals surface area contributed by atoms with Crippen molar-refractivity contribution in [3.63, 3.8) is 0 Å². The third-order valence-corrected chi connectivity index (χ3v) is 4.21. The molecule has 112 valence electrons. The van der Waals surface area contributed by atoms with Crippen LogP contribution >= 0.6 is 0 Å². The monoisotopic (exact) mass is 290 g/mol. The van der Waals surface area contributed by atoms with Gasteiger partial charge in [0.2, 0.25) is 0 Å². The van der Waals surface area contributed by atoms with Crippen LogP contribution in [0.15, 0.2) is 72.3 Å². The average Bonchev–Trinajstić information content (AvgIpc) is 2.58. The Morgan fingerprint density at radius 3 is 2.14 bits per heavy atom. The zero-order valence-electron chi connectivity index (χ0n) is 12.9. The maximum Gasteiger partial charge on any atom is 0.0673 e. The molecule has 3 rings (SSSR count). The summed E-state index contributed by atoms with van der Waals surface area (Å²) in [7, 11) is 0. The van der Waals surface area contributed by atoms with Crippen LogP contribution in [0.1, 0.15) is 30.0 Å². The Balaban J connectivity index is 1.85. The van der Waals surface area contributed by atoms with E-state index in [1.54, 1.807) is 0 Å². The van der Waals surface area contributed by atoms with Crippen molar-refractivity contribution >= 4 is 0 Å². The largest absolute Gasteiger partial charge is 0.271 e. The Labute approximate surface area is 132 Å². The van der Waals surface area contributed by atoms with Crippen molar-refractivity contribution in [1.29, 1.82) is 0 Å². The van der Waals surface area contributed by atoms with E-state index in [0.29, 0.717) is 0 Å². The van der Waals surface area contributed by atoms with Crippen LogP contribution in [-0.2, 0) is 0 Å². The first kappa shape index (κ1) is 14.8. The van der Waals surface area contributed by atoms with E-state index >= 15 is 0 Å². The summed E-state index contributed by atoms with van der Waals surface area (Å²) in [6, 6.07) is 17.4. The van der Waals surface area contributed by atoms with Crippen molar-refractivity contribution in [3.8, 4) is 11.1 Å². The van der Waals surface area contributed by atoms with Gasteiger partial charge in [0.15, 0.2) is 0 Å². The van der Waals surface area contributed by atoms with Crippen LogP contribution in [0.25, 0.3) is 11.1 Å². The number of hydrogen-bond acceptors (Lipinski definition) is 2. The van der Waals surface area contributed by atoms with Crippen LogP contribution in [0.3, 0.4) is 0 Å². The summed E-state index contributed by atoms with van der Waals surface area (Å²) in [4.78, 5) is 0. The van der Waals surface area contributed by atoms with E-state index in [4.69, 9.17) is 5.84 Å². The summed E-state index contributed by atoms with van der Waals surface area (Å²) in [6.07, 6.45) is 8.62. The van der Waals surface area contributed by atoms with Crippen LogP contribution in [-0.4, -0.2) is 0 Å². The molecule has 0 bridgehead atoms. The van der Waals surface area contributed by atoms with Gasteiger partial charge in [-0.3, -0.25) is 5.84 Å². The molecule has 2 aromatic carbocycles. The standard InChI is InChI=1S/C20H22N2/c1-15-7-9-16(10-8-15)17-11-13-19(14-12-17)20(22-21)18-5-3-2-4-6-18/h2-3,5,7-14,20,22H,4,6,21H2,1H3. The molecule has 2 heteroatoms. The smallest absolute Gasteiger partial charge is 0.0673 e. The first-order valence-corrected chi connectivity index (χ1v) is 7.76. The van der Waals surface area contributed by atoms with Crippen LogP contribution in [0.2, 0.25) is 0 Å². The molecular formula is C20H22N2. The maximum absolute atomic E-state index is 5.79. The Morgan fingerprint density at radius 1 is 0.955 bits per heavy atom. The van der Waals surface area contributed by atoms with Crippen molar-refractivity contribution in [2.45, 2.75) is 25.8 Å². The second-order valence-corrected chi connectivity index (χ2v) is 5.80. The van der Waals surface area contributed by atoms with E-state index in [0.717, 1.165) is 12.8 Å². The van der Waals surface area contributed by atoms with Crippen molar-refractivity contribution < 1.29 is 0 Å². The van der Waals surface area contributed by atoms with Crippen molar-refractivity contribution in [2.24, 2.45) is 5.84 Å². The molecule has 0 saturated carbocycles. The van der Waals surface area contributed by atoms with E-state index in [9.17, 15) is 0 Å². The number of nitrogens with one attached hydrogen (secondary N) is 1. The minimum atomic E-state index is 0.0945. The molecule has 0 amide bonds. The van der Waals surface area contributed by atoms with E-state index < -0.39 is 0 Å². The van der Waals surface area contributed by atoms with E-state index in [-0.39, 0.29) is 6.04 Å². The van der Waals surface area contributed by atoms with Gasteiger partial charge in [0.05, 0.1) is 6.04 Å². The molecule has 0 spiro atoms. The first-order valence-electron chi connectivity index (χ1n) is 7.76. The lowest BCUT2D eigenvalue weighted by molar-refractivity contribution is 0.601. The predicted octanol–water partition coefficient (Wildman–Crippen LogP) is 4.44. The molecule has 2 nitrogen and oxygen atoms in total. The molecule has 1 aliphatic rings. The molecule has 0 heterocycles. The highest BCUT2D eigenvalue weighted by Gasteiger charge is 2.15. The molecule has 0 aromatic heterocycles. The van der Waals surface area contributed by atoms with Crippen molar-refractivity contribution in [1.82, 2.24) is 5.43 Å². The van der Waals surface area contributed by atoms with Gasteiger partial charge in [-0.2, -0.15) is 0 Å². The average molecular weight is 290 g/mol. The molecule has 1 aliphatic carbocycles. The van der Waals surface area contributed by atoms with Crippen LogP contribution in [0.5, 0.6) is 0 Å². The number of nitrogens with two attached hydrogens (primary N) is 1. The van der Waals surface area contributed by atoms with Gasteiger partial charge in [-0.25, -0.2) is 5.43 Å². The van der Waals surface area contributed by atoms with Crippen molar-refractivity contribution in [2.75, 3.05) is 0 Å². The summed E-state index contributed by atoms with van der Waals surface area (Å²) >= 11 is 0. The van der Waals surface area contributed by atoms with Gasteiger partial charge >= 0.3 is 0 Å². The summed E-state index contributed by atoms with van der Waals surface area (Å²) in [5, 5.41) is 0. The van der Waals surface area contributed by atoms with Gasteiger partial charge in [0, 0.05) is 0 Å². The van der Waals surface area contributed by atoms with Crippen molar-refractivity contribution in [3.05, 3.63) is 83.5 Å². The molecule has 22 heavy (non-hydrogen) atoms. The van der Waals surface area contributed by atoms with Gasteiger partial charge in [-0.05, 0) is 42.0 Å². The summed E-state index contributed by atoms with van der Waals surface area (Å²) in [5.74, 6) is 5.79. The number of hydrazine groups is 1. The Morgan fingerprint density at radius 2 is 1.59 bits per heavy atom. The highest BCUT2D eigenvalue weighted by molar-refractivity contribution is 5.64. The maximum atomic E-state index is 5.79. The zero-order valence-corrected chi connectivity index (χ0v) is 12.9. The highest BCUT2D eigenvalue weighted by Crippen LogP contribution is 2.29. The van der Waals surface area contributed by atoms with E-state index in [2.05, 4.69) is 79.1 Å². The number of allylic oxidation sites excluding steroid dienone is 3. The minimum absolute atomic E-state index is 0.0945. The Kier molecular flexibility index (Phi) is 4.52. The molecule has 0 radical (unpaired) electrons. The fourth-order valence-electron chi connectivity index (χ4n) is 2.89. The number of benzene rings is 2. The zero-order chi connectivity index (χ0) is 15.4. The third-order valence-electron chi connectivity index (χ3n) is 4.21. The third kappa shape index (κ3) is 3.19. The number of aryl methyl sites for hydroxylation is 1. The lowest BCUT2D eigenvalue weighted by Gasteiger charge is -2.21. The van der Waals surface area contributed by atoms with Crippen LogP contribution in [0.4, 0.5) is 0 Å². The second kappa shape index (κ2) is 6.73. The topological polar surface area (TPSA) is 38.0 Å². The normalized spacial score (nSPS) is 15.5. The van der Waals surface area contributed by atoms with Gasteiger partial charge in [-0.1, -0.05) is 72.3 Å². The second-order valence-electron chi connectivity index (χ2n) is 5.80. The molecule has 2 aromatic rings. The molecule has 1 unspecified atom stereocenters. The van der Waals surface area contributed by atoms with Gasteiger partial charge < -0.3 is 0 Å². The fraction of sp³-hybridized carbons (Fsp3) is 0.200. The number of hydrogen-bond donors (Lipinski definition) is 2. The highest BCUT2D eigenvalue weighted by atomic mass is 15.2. The molecular weight excluding hydrogens is 268 g/mol. The first-order chi connectivity index (χ1) is 10.8. The molecule has 0 saturated heterocycles. The molecule has 0 aliphatic heterocycles. The van der Waals surface area contributed by atoms with E-state index in [1.807, 2.05) is 0 Å². The summed E-state index contributed by atoms with van der Waals surface area (Å²) in [5.41, 5.74) is 9.26. The lowest BCUT2D eigenvalue weighted by atomic mass is 9.92.